The van der Waals surface area contributed by atoms with Gasteiger partial charge in [-0.15, -0.1) is 11.3 Å². The van der Waals surface area contributed by atoms with E-state index in [1.54, 1.807) is 28.4 Å². The molecule has 1 heterocycles. The minimum atomic E-state index is -0.514. The lowest BCUT2D eigenvalue weighted by Gasteiger charge is -2.29. The second-order valence-corrected chi connectivity index (χ2v) is 9.03. The highest BCUT2D eigenvalue weighted by molar-refractivity contribution is 7.09. The molecule has 0 fully saturated rings. The number of hydrogen-bond donors (Lipinski definition) is 1. The minimum Gasteiger partial charge on any atom is -0.332 e. The Labute approximate surface area is 192 Å². The van der Waals surface area contributed by atoms with E-state index in [0.717, 1.165) is 10.4 Å². The number of nitrogens with one attached hydrogen (secondary N) is 1. The Balaban J connectivity index is 1.76. The van der Waals surface area contributed by atoms with Crippen molar-refractivity contribution < 1.29 is 14.0 Å². The van der Waals surface area contributed by atoms with Crippen LogP contribution in [0, 0.1) is 11.7 Å². The molecule has 0 spiro atoms. The summed E-state index contributed by atoms with van der Waals surface area (Å²) in [6.45, 7) is 5.15. The maximum Gasteiger partial charge on any atom is 0.322 e. The molecule has 0 aliphatic rings. The quantitative estimate of drug-likeness (QED) is 0.458. The molecule has 3 rings (SSSR count). The number of rotatable bonds is 9. The van der Waals surface area contributed by atoms with Gasteiger partial charge in [0.1, 0.15) is 12.4 Å². The highest BCUT2D eigenvalue weighted by Gasteiger charge is 2.23. The summed E-state index contributed by atoms with van der Waals surface area (Å²) in [5.41, 5.74) is 1.11. The van der Waals surface area contributed by atoms with E-state index in [0.29, 0.717) is 19.6 Å². The Morgan fingerprint density at radius 1 is 0.938 bits per heavy atom. The SMILES string of the molecule is CC(C)CN(CC(=O)N(Cc1ccccc1)Cc1cccs1)C(=O)Nc1ccccc1F. The van der Waals surface area contributed by atoms with Crippen LogP contribution in [0.4, 0.5) is 14.9 Å². The first kappa shape index (κ1) is 23.5. The summed E-state index contributed by atoms with van der Waals surface area (Å²) in [6.07, 6.45) is 0. The van der Waals surface area contributed by atoms with Gasteiger partial charge in [0.25, 0.3) is 0 Å². The van der Waals surface area contributed by atoms with Gasteiger partial charge >= 0.3 is 6.03 Å². The molecule has 32 heavy (non-hydrogen) atoms. The van der Waals surface area contributed by atoms with Gasteiger partial charge in [-0.05, 0) is 35.1 Å². The van der Waals surface area contributed by atoms with Gasteiger partial charge in [0.15, 0.2) is 0 Å². The van der Waals surface area contributed by atoms with E-state index in [4.69, 9.17) is 0 Å². The van der Waals surface area contributed by atoms with E-state index in [9.17, 15) is 14.0 Å². The normalized spacial score (nSPS) is 10.8. The average molecular weight is 454 g/mol. The van der Waals surface area contributed by atoms with E-state index in [-0.39, 0.29) is 24.1 Å². The number of urea groups is 1. The van der Waals surface area contributed by atoms with Crippen molar-refractivity contribution >= 4 is 29.0 Å². The number of carbonyl (C=O) groups excluding carboxylic acids is 2. The summed E-state index contributed by atoms with van der Waals surface area (Å²) >= 11 is 1.59. The summed E-state index contributed by atoms with van der Waals surface area (Å²) in [4.78, 5) is 30.5. The fraction of sp³-hybridized carbons (Fsp3) is 0.280. The van der Waals surface area contributed by atoms with Crippen LogP contribution in [0.3, 0.4) is 0 Å². The number of hydrogen-bond acceptors (Lipinski definition) is 3. The molecule has 3 amide bonds. The molecular weight excluding hydrogens is 425 g/mol. The zero-order valence-electron chi connectivity index (χ0n) is 18.3. The molecule has 0 unspecified atom stereocenters. The van der Waals surface area contributed by atoms with E-state index in [1.165, 1.54) is 17.0 Å². The maximum absolute atomic E-state index is 14.0. The van der Waals surface area contributed by atoms with Crippen molar-refractivity contribution in [1.29, 1.82) is 0 Å². The third kappa shape index (κ3) is 6.92. The van der Waals surface area contributed by atoms with Gasteiger partial charge in [-0.2, -0.15) is 0 Å². The van der Waals surface area contributed by atoms with Crippen LogP contribution in [0.5, 0.6) is 0 Å². The predicted molar refractivity (Wildman–Crippen MR) is 127 cm³/mol. The summed E-state index contributed by atoms with van der Waals surface area (Å²) in [5.74, 6) is -0.527. The Hall–Kier alpha value is -3.19. The molecule has 7 heteroatoms. The topological polar surface area (TPSA) is 52.7 Å². The molecule has 3 aromatic rings. The standard InChI is InChI=1S/C25H28FN3O2S/c1-19(2)15-29(25(31)27-23-13-7-6-12-22(23)26)18-24(30)28(17-21-11-8-14-32-21)16-20-9-4-3-5-10-20/h3-14,19H,15-18H2,1-2H3,(H,27,31). The van der Waals surface area contributed by atoms with Crippen molar-refractivity contribution in [3.05, 3.63) is 88.4 Å². The summed E-state index contributed by atoms with van der Waals surface area (Å²) in [7, 11) is 0. The lowest BCUT2D eigenvalue weighted by atomic mass is 10.2. The zero-order chi connectivity index (χ0) is 22.9. The number of benzene rings is 2. The van der Waals surface area contributed by atoms with Crippen LogP contribution < -0.4 is 5.32 Å². The minimum absolute atomic E-state index is 0.0866. The molecule has 1 N–H and O–H groups in total. The number of carbonyl (C=O) groups is 2. The van der Waals surface area contributed by atoms with Gasteiger partial charge in [0.2, 0.25) is 5.91 Å². The van der Waals surface area contributed by atoms with Gasteiger partial charge in [0.05, 0.1) is 12.2 Å². The third-order valence-electron chi connectivity index (χ3n) is 4.81. The van der Waals surface area contributed by atoms with Crippen LogP contribution >= 0.6 is 11.3 Å². The molecule has 1 aromatic heterocycles. The Morgan fingerprint density at radius 2 is 1.66 bits per heavy atom. The Kier molecular flexibility index (Phi) is 8.39. The summed E-state index contributed by atoms with van der Waals surface area (Å²) in [5, 5.41) is 4.58. The third-order valence-corrected chi connectivity index (χ3v) is 5.67. The smallest absolute Gasteiger partial charge is 0.322 e. The molecular formula is C25H28FN3O2S. The highest BCUT2D eigenvalue weighted by Crippen LogP contribution is 2.17. The number of halogens is 1. The van der Waals surface area contributed by atoms with Crippen LogP contribution in [-0.2, 0) is 17.9 Å². The predicted octanol–water partition coefficient (Wildman–Crippen LogP) is 5.61. The van der Waals surface area contributed by atoms with E-state index in [2.05, 4.69) is 5.32 Å². The molecule has 0 aliphatic heterocycles. The second-order valence-electron chi connectivity index (χ2n) is 8.00. The molecule has 5 nitrogen and oxygen atoms in total. The summed E-state index contributed by atoms with van der Waals surface area (Å²) in [6, 6.07) is 19.2. The largest absolute Gasteiger partial charge is 0.332 e. The Bertz CT molecular complexity index is 1010. The first-order chi connectivity index (χ1) is 15.4. The molecule has 0 bridgehead atoms. The number of para-hydroxylation sites is 1. The van der Waals surface area contributed by atoms with Crippen molar-refractivity contribution in [1.82, 2.24) is 9.80 Å². The van der Waals surface area contributed by atoms with Crippen molar-refractivity contribution in [2.45, 2.75) is 26.9 Å². The van der Waals surface area contributed by atoms with Crippen molar-refractivity contribution in [2.75, 3.05) is 18.4 Å². The lowest BCUT2D eigenvalue weighted by molar-refractivity contribution is -0.133. The molecule has 2 aromatic carbocycles. The summed E-state index contributed by atoms with van der Waals surface area (Å²) < 4.78 is 14.0. The average Bonchev–Trinajstić information content (AvgIpc) is 3.28. The number of anilines is 1. The van der Waals surface area contributed by atoms with Crippen LogP contribution in [0.25, 0.3) is 0 Å². The number of amides is 3. The highest BCUT2D eigenvalue weighted by atomic mass is 32.1. The van der Waals surface area contributed by atoms with E-state index < -0.39 is 11.8 Å². The maximum atomic E-state index is 14.0. The van der Waals surface area contributed by atoms with Gasteiger partial charge in [-0.3, -0.25) is 4.79 Å². The number of thiophene rings is 1. The molecule has 0 radical (unpaired) electrons. The monoisotopic (exact) mass is 453 g/mol. The molecule has 0 saturated carbocycles. The van der Waals surface area contributed by atoms with E-state index in [1.807, 2.05) is 61.7 Å². The molecule has 0 saturated heterocycles. The molecule has 0 atom stereocenters. The van der Waals surface area contributed by atoms with E-state index >= 15 is 0 Å². The fourth-order valence-corrected chi connectivity index (χ4v) is 4.03. The molecule has 0 aliphatic carbocycles. The fourth-order valence-electron chi connectivity index (χ4n) is 3.31. The van der Waals surface area contributed by atoms with Crippen molar-refractivity contribution in [3.63, 3.8) is 0 Å². The molecule has 168 valence electrons. The van der Waals surface area contributed by atoms with Crippen LogP contribution in [-0.4, -0.2) is 34.8 Å². The van der Waals surface area contributed by atoms with Crippen molar-refractivity contribution in [2.24, 2.45) is 5.92 Å². The van der Waals surface area contributed by atoms with Gasteiger partial charge in [0, 0.05) is 18.0 Å². The zero-order valence-corrected chi connectivity index (χ0v) is 19.1. The van der Waals surface area contributed by atoms with Gasteiger partial charge < -0.3 is 15.1 Å². The number of nitrogens with zero attached hydrogens (tertiary/aromatic N) is 2. The van der Waals surface area contributed by atoms with Gasteiger partial charge in [-0.25, -0.2) is 9.18 Å². The lowest BCUT2D eigenvalue weighted by Crippen LogP contribution is -2.45. The first-order valence-corrected chi connectivity index (χ1v) is 11.4. The van der Waals surface area contributed by atoms with Crippen molar-refractivity contribution in [3.8, 4) is 0 Å². The van der Waals surface area contributed by atoms with Crippen LogP contribution in [0.1, 0.15) is 24.3 Å². The van der Waals surface area contributed by atoms with Crippen LogP contribution in [0.2, 0.25) is 0 Å². The second kappa shape index (κ2) is 11.4. The Morgan fingerprint density at radius 3 is 2.31 bits per heavy atom. The van der Waals surface area contributed by atoms with Crippen LogP contribution in [0.15, 0.2) is 72.1 Å². The van der Waals surface area contributed by atoms with Gasteiger partial charge in [-0.1, -0.05) is 62.4 Å². The first-order valence-electron chi connectivity index (χ1n) is 10.6.